The maximum absolute atomic E-state index is 11.3. The number of halogens is 1. The molecular weight excluding hydrogens is 306 g/mol. The van der Waals surface area contributed by atoms with Gasteiger partial charge in [-0.05, 0) is 12.1 Å². The number of carbonyl (C=O) groups is 1. The summed E-state index contributed by atoms with van der Waals surface area (Å²) in [6.45, 7) is 1.38. The van der Waals surface area contributed by atoms with E-state index in [0.717, 1.165) is 6.26 Å². The minimum Gasteiger partial charge on any atom is -0.387 e. The Morgan fingerprint density at radius 1 is 1.50 bits per heavy atom. The highest BCUT2D eigenvalue weighted by molar-refractivity contribution is 7.86. The number of ketones is 1. The number of nitrogens with zero attached hydrogens (tertiary/aromatic N) is 1. The standard InChI is InChI=1S/C12H12ClNO5S/c1-7(15)9-6-11(18-14-9)12-8(13)4-3-5-10(12)19-20(2,16)17/h3-5,11H,6H2,1-2H3/t11-/m0/s1. The van der Waals surface area contributed by atoms with Crippen LogP contribution in [0.4, 0.5) is 0 Å². The van der Waals surface area contributed by atoms with Crippen molar-refractivity contribution in [1.29, 1.82) is 0 Å². The maximum atomic E-state index is 11.3. The van der Waals surface area contributed by atoms with Gasteiger partial charge in [-0.3, -0.25) is 4.79 Å². The third-order valence-corrected chi connectivity index (χ3v) is 3.46. The molecular formula is C12H12ClNO5S. The molecule has 20 heavy (non-hydrogen) atoms. The summed E-state index contributed by atoms with van der Waals surface area (Å²) in [7, 11) is -3.69. The summed E-state index contributed by atoms with van der Waals surface area (Å²) in [5, 5.41) is 3.96. The molecule has 0 amide bonds. The lowest BCUT2D eigenvalue weighted by molar-refractivity contribution is -0.111. The summed E-state index contributed by atoms with van der Waals surface area (Å²) in [6.07, 6.45) is 0.517. The molecule has 0 unspecified atom stereocenters. The van der Waals surface area contributed by atoms with Crippen molar-refractivity contribution < 1.29 is 22.2 Å². The number of Topliss-reactive ketones (excluding diaryl/α,β-unsaturated/α-hetero) is 1. The molecule has 1 aliphatic heterocycles. The summed E-state index contributed by atoms with van der Waals surface area (Å²) in [5.74, 6) is -0.130. The average molecular weight is 318 g/mol. The quantitative estimate of drug-likeness (QED) is 0.794. The Kier molecular flexibility index (Phi) is 4.01. The van der Waals surface area contributed by atoms with Crippen LogP contribution < -0.4 is 4.18 Å². The summed E-state index contributed by atoms with van der Waals surface area (Å²) in [4.78, 5) is 16.4. The van der Waals surface area contributed by atoms with E-state index < -0.39 is 16.2 Å². The van der Waals surface area contributed by atoms with Gasteiger partial charge in [0.2, 0.25) is 0 Å². The number of hydrogen-bond donors (Lipinski definition) is 0. The van der Waals surface area contributed by atoms with Crippen molar-refractivity contribution in [3.05, 3.63) is 28.8 Å². The lowest BCUT2D eigenvalue weighted by Gasteiger charge is -2.15. The molecule has 108 valence electrons. The van der Waals surface area contributed by atoms with Gasteiger partial charge in [0.25, 0.3) is 0 Å². The van der Waals surface area contributed by atoms with Gasteiger partial charge < -0.3 is 9.02 Å². The van der Waals surface area contributed by atoms with E-state index in [4.69, 9.17) is 20.6 Å². The molecule has 0 saturated heterocycles. The molecule has 2 rings (SSSR count). The summed E-state index contributed by atoms with van der Waals surface area (Å²) < 4.78 is 27.4. The fourth-order valence-corrected chi connectivity index (χ4v) is 2.56. The van der Waals surface area contributed by atoms with Gasteiger partial charge in [-0.2, -0.15) is 8.42 Å². The van der Waals surface area contributed by atoms with Gasteiger partial charge in [-0.25, -0.2) is 0 Å². The van der Waals surface area contributed by atoms with Gasteiger partial charge in [0.15, 0.2) is 17.6 Å². The summed E-state index contributed by atoms with van der Waals surface area (Å²) >= 11 is 6.07. The van der Waals surface area contributed by atoms with Gasteiger partial charge in [0.05, 0.1) is 16.8 Å². The highest BCUT2D eigenvalue weighted by Crippen LogP contribution is 2.39. The molecule has 0 fully saturated rings. The molecule has 0 aliphatic carbocycles. The van der Waals surface area contributed by atoms with Crippen LogP contribution in [0.1, 0.15) is 25.0 Å². The first-order valence-corrected chi connectivity index (χ1v) is 7.89. The topological polar surface area (TPSA) is 82.0 Å². The minimum atomic E-state index is -3.69. The van der Waals surface area contributed by atoms with Crippen molar-refractivity contribution in [3.63, 3.8) is 0 Å². The Morgan fingerprint density at radius 3 is 2.75 bits per heavy atom. The van der Waals surface area contributed by atoms with Crippen molar-refractivity contribution in [2.45, 2.75) is 19.4 Å². The van der Waals surface area contributed by atoms with Crippen molar-refractivity contribution >= 4 is 33.2 Å². The van der Waals surface area contributed by atoms with Crippen LogP contribution in [0.3, 0.4) is 0 Å². The Bertz CT molecular complexity index is 683. The predicted molar refractivity (Wildman–Crippen MR) is 73.5 cm³/mol. The van der Waals surface area contributed by atoms with Gasteiger partial charge >= 0.3 is 10.1 Å². The number of carbonyl (C=O) groups excluding carboxylic acids is 1. The highest BCUT2D eigenvalue weighted by Gasteiger charge is 2.30. The molecule has 1 atom stereocenters. The second-order valence-corrected chi connectivity index (χ2v) is 6.31. The van der Waals surface area contributed by atoms with E-state index >= 15 is 0 Å². The third-order valence-electron chi connectivity index (χ3n) is 2.65. The van der Waals surface area contributed by atoms with Crippen molar-refractivity contribution in [2.75, 3.05) is 6.26 Å². The van der Waals surface area contributed by atoms with E-state index in [1.807, 2.05) is 0 Å². The monoisotopic (exact) mass is 317 g/mol. The first-order chi connectivity index (χ1) is 9.28. The van der Waals surface area contributed by atoms with Crippen LogP contribution in [0, 0.1) is 0 Å². The van der Waals surface area contributed by atoms with Crippen LogP contribution in [0.25, 0.3) is 0 Å². The number of oxime groups is 1. The SMILES string of the molecule is CC(=O)C1=NO[C@H](c2c(Cl)cccc2OS(C)(=O)=O)C1. The first-order valence-electron chi connectivity index (χ1n) is 5.69. The zero-order valence-corrected chi connectivity index (χ0v) is 12.4. The largest absolute Gasteiger partial charge is 0.387 e. The number of rotatable bonds is 4. The molecule has 1 heterocycles. The zero-order valence-electron chi connectivity index (χ0n) is 10.8. The van der Waals surface area contributed by atoms with Crippen LogP contribution in [0.2, 0.25) is 5.02 Å². The molecule has 6 nitrogen and oxygen atoms in total. The van der Waals surface area contributed by atoms with E-state index in [1.165, 1.54) is 13.0 Å². The van der Waals surface area contributed by atoms with Crippen molar-refractivity contribution in [1.82, 2.24) is 0 Å². The van der Waals surface area contributed by atoms with Crippen LogP contribution in [-0.2, 0) is 19.8 Å². The Balaban J connectivity index is 2.35. The molecule has 0 aromatic heterocycles. The molecule has 0 N–H and O–H groups in total. The molecule has 1 aliphatic rings. The third kappa shape index (κ3) is 3.29. The molecule has 0 spiro atoms. The minimum absolute atomic E-state index is 0.0741. The zero-order chi connectivity index (χ0) is 14.9. The molecule has 1 aromatic carbocycles. The summed E-state index contributed by atoms with van der Waals surface area (Å²) in [5.41, 5.74) is 0.639. The van der Waals surface area contributed by atoms with Gasteiger partial charge in [0.1, 0.15) is 5.71 Å². The fraction of sp³-hybridized carbons (Fsp3) is 0.333. The second-order valence-electron chi connectivity index (χ2n) is 4.33. The molecule has 0 bridgehead atoms. The number of benzene rings is 1. The van der Waals surface area contributed by atoms with Crippen LogP contribution in [0.15, 0.2) is 23.4 Å². The van der Waals surface area contributed by atoms with E-state index in [9.17, 15) is 13.2 Å². The van der Waals surface area contributed by atoms with Gasteiger partial charge in [0, 0.05) is 13.3 Å². The summed E-state index contributed by atoms with van der Waals surface area (Å²) in [6, 6.07) is 4.62. The maximum Gasteiger partial charge on any atom is 0.306 e. The molecule has 0 radical (unpaired) electrons. The second kappa shape index (κ2) is 5.41. The van der Waals surface area contributed by atoms with Crippen LogP contribution in [0.5, 0.6) is 5.75 Å². The van der Waals surface area contributed by atoms with E-state index in [0.29, 0.717) is 5.56 Å². The molecule has 0 saturated carbocycles. The van der Waals surface area contributed by atoms with E-state index in [2.05, 4.69) is 5.16 Å². The Morgan fingerprint density at radius 2 is 2.20 bits per heavy atom. The molecule has 8 heteroatoms. The smallest absolute Gasteiger partial charge is 0.306 e. The Labute approximate surface area is 121 Å². The van der Waals surface area contributed by atoms with Gasteiger partial charge in [-0.15, -0.1) is 0 Å². The van der Waals surface area contributed by atoms with E-state index in [-0.39, 0.29) is 28.7 Å². The fourth-order valence-electron chi connectivity index (χ4n) is 1.81. The first kappa shape index (κ1) is 14.8. The predicted octanol–water partition coefficient (Wildman–Crippen LogP) is 2.08. The normalized spacial score (nSPS) is 18.4. The Hall–Kier alpha value is -1.60. The average Bonchev–Trinajstić information content (AvgIpc) is 2.76. The van der Waals surface area contributed by atoms with Gasteiger partial charge in [-0.1, -0.05) is 22.8 Å². The van der Waals surface area contributed by atoms with Crippen molar-refractivity contribution in [3.8, 4) is 5.75 Å². The van der Waals surface area contributed by atoms with Crippen LogP contribution in [-0.4, -0.2) is 26.2 Å². The van der Waals surface area contributed by atoms with Crippen LogP contribution >= 0.6 is 11.6 Å². The highest BCUT2D eigenvalue weighted by atomic mass is 35.5. The lowest BCUT2D eigenvalue weighted by atomic mass is 10.0. The number of hydrogen-bond acceptors (Lipinski definition) is 6. The lowest BCUT2D eigenvalue weighted by Crippen LogP contribution is -2.11. The van der Waals surface area contributed by atoms with E-state index in [1.54, 1.807) is 12.1 Å². The molecule has 1 aromatic rings. The van der Waals surface area contributed by atoms with Crippen molar-refractivity contribution in [2.24, 2.45) is 5.16 Å².